The van der Waals surface area contributed by atoms with Gasteiger partial charge in [-0.05, 0) is 12.1 Å². The fourth-order valence-electron chi connectivity index (χ4n) is 1.29. The zero-order chi connectivity index (χ0) is 15.6. The smallest absolute Gasteiger partial charge is 0.269 e. The number of nitrogens with one attached hydrogen (secondary N) is 1. The number of benzene rings is 1. The maximum absolute atomic E-state index is 11.9. The molecule has 2 rings (SSSR count). The first-order chi connectivity index (χ1) is 9.77. The van der Waals surface area contributed by atoms with Gasteiger partial charge >= 0.3 is 0 Å². The summed E-state index contributed by atoms with van der Waals surface area (Å²) >= 11 is 17.7. The van der Waals surface area contributed by atoms with E-state index in [4.69, 9.17) is 34.8 Å². The van der Waals surface area contributed by atoms with E-state index < -0.39 is 14.6 Å². The summed E-state index contributed by atoms with van der Waals surface area (Å²) in [5, 5.41) is 13.1. The maximum Gasteiger partial charge on any atom is 0.269 e. The molecule has 21 heavy (non-hydrogen) atoms. The number of hydrogen-bond donors (Lipinski definition) is 1. The van der Waals surface area contributed by atoms with E-state index in [2.05, 4.69) is 14.7 Å². The van der Waals surface area contributed by atoms with E-state index in [1.807, 2.05) is 0 Å². The van der Waals surface area contributed by atoms with Gasteiger partial charge in [0, 0.05) is 29.2 Å². The van der Waals surface area contributed by atoms with Crippen LogP contribution in [-0.4, -0.2) is 20.2 Å². The Morgan fingerprint density at radius 1 is 1.29 bits per heavy atom. The van der Waals surface area contributed by atoms with Crippen LogP contribution >= 0.6 is 46.3 Å². The number of amides is 1. The van der Waals surface area contributed by atoms with Crippen molar-refractivity contribution in [2.24, 2.45) is 0 Å². The van der Waals surface area contributed by atoms with E-state index in [0.29, 0.717) is 0 Å². The Kier molecular flexibility index (Phi) is 4.62. The molecule has 1 aromatic carbocycles. The van der Waals surface area contributed by atoms with E-state index in [9.17, 15) is 14.9 Å². The van der Waals surface area contributed by atoms with Gasteiger partial charge in [0.05, 0.1) is 4.92 Å². The molecular weight excluding hydrogens is 363 g/mol. The molecule has 1 N–H and O–H groups in total. The molecule has 0 unspecified atom stereocenters. The normalized spacial score (nSPS) is 11.2. The zero-order valence-corrected chi connectivity index (χ0v) is 13.0. The van der Waals surface area contributed by atoms with Crippen molar-refractivity contribution in [2.45, 2.75) is 3.79 Å². The van der Waals surface area contributed by atoms with E-state index in [0.717, 1.165) is 11.5 Å². The molecule has 110 valence electrons. The third-order valence-electron chi connectivity index (χ3n) is 2.24. The van der Waals surface area contributed by atoms with Crippen LogP contribution < -0.4 is 5.32 Å². The Balaban J connectivity index is 2.11. The third-order valence-corrected chi connectivity index (χ3v) is 3.38. The number of nitro groups is 1. The molecule has 0 saturated heterocycles. The van der Waals surface area contributed by atoms with Crippen molar-refractivity contribution in [1.29, 1.82) is 0 Å². The van der Waals surface area contributed by atoms with Gasteiger partial charge in [0.15, 0.2) is 5.82 Å². The number of carbonyl (C=O) groups excluding carboxylic acids is 1. The number of rotatable bonds is 3. The van der Waals surface area contributed by atoms with Crippen molar-refractivity contribution in [3.05, 3.63) is 45.8 Å². The molecule has 7 nitrogen and oxygen atoms in total. The van der Waals surface area contributed by atoms with Gasteiger partial charge in [-0.1, -0.05) is 34.8 Å². The Morgan fingerprint density at radius 3 is 2.38 bits per heavy atom. The molecule has 1 aromatic heterocycles. The summed E-state index contributed by atoms with van der Waals surface area (Å²) in [5.74, 6) is -0.548. The zero-order valence-electron chi connectivity index (χ0n) is 9.92. The molecule has 0 radical (unpaired) electrons. The summed E-state index contributed by atoms with van der Waals surface area (Å²) in [6.45, 7) is 0. The van der Waals surface area contributed by atoms with Crippen LogP contribution in [0.15, 0.2) is 24.3 Å². The number of alkyl halides is 3. The number of nitro benzene ring substituents is 1. The third kappa shape index (κ3) is 4.01. The van der Waals surface area contributed by atoms with Crippen molar-refractivity contribution in [3.8, 4) is 0 Å². The number of nitrogens with zero attached hydrogens (tertiary/aromatic N) is 3. The number of carbonyl (C=O) groups is 1. The van der Waals surface area contributed by atoms with Crippen LogP contribution in [0.3, 0.4) is 0 Å². The van der Waals surface area contributed by atoms with Gasteiger partial charge < -0.3 is 0 Å². The van der Waals surface area contributed by atoms with Gasteiger partial charge in [-0.25, -0.2) is 0 Å². The first-order valence-electron chi connectivity index (χ1n) is 5.24. The number of halogens is 3. The van der Waals surface area contributed by atoms with Gasteiger partial charge in [0.25, 0.3) is 15.4 Å². The number of anilines is 1. The van der Waals surface area contributed by atoms with Crippen LogP contribution in [0, 0.1) is 10.1 Å². The Labute approximate surface area is 137 Å². The molecule has 0 atom stereocenters. The SMILES string of the molecule is O=C(Nc1nc(C(Cl)(Cl)Cl)ns1)c1ccc([N+](=O)[O-])cc1. The predicted octanol–water partition coefficient (Wildman–Crippen LogP) is 3.53. The predicted molar refractivity (Wildman–Crippen MR) is 80.2 cm³/mol. The molecule has 0 saturated carbocycles. The molecular formula is C10H5Cl3N4O3S. The van der Waals surface area contributed by atoms with Crippen LogP contribution in [0.25, 0.3) is 0 Å². The summed E-state index contributed by atoms with van der Waals surface area (Å²) < 4.78 is 2.03. The molecule has 11 heteroatoms. The highest BCUT2D eigenvalue weighted by molar-refractivity contribution is 7.10. The molecule has 0 fully saturated rings. The average Bonchev–Trinajstić information content (AvgIpc) is 2.87. The maximum atomic E-state index is 11.9. The lowest BCUT2D eigenvalue weighted by Gasteiger charge is -2.03. The van der Waals surface area contributed by atoms with Crippen LogP contribution in [-0.2, 0) is 3.79 Å². The van der Waals surface area contributed by atoms with Crippen LogP contribution in [0.4, 0.5) is 10.8 Å². The Bertz CT molecular complexity index is 684. The fourth-order valence-corrected chi connectivity index (χ4v) is 2.31. The van der Waals surface area contributed by atoms with Crippen LogP contribution in [0.1, 0.15) is 16.2 Å². The second-order valence-corrected chi connectivity index (χ2v) is 6.71. The van der Waals surface area contributed by atoms with E-state index in [1.54, 1.807) is 0 Å². The monoisotopic (exact) mass is 366 g/mol. The second kappa shape index (κ2) is 6.10. The van der Waals surface area contributed by atoms with E-state index >= 15 is 0 Å². The minimum Gasteiger partial charge on any atom is -0.297 e. The summed E-state index contributed by atoms with van der Waals surface area (Å²) in [6.07, 6.45) is 0. The molecule has 2 aromatic rings. The van der Waals surface area contributed by atoms with Crippen LogP contribution in [0.2, 0.25) is 0 Å². The van der Waals surface area contributed by atoms with E-state index in [1.165, 1.54) is 24.3 Å². The van der Waals surface area contributed by atoms with Crippen molar-refractivity contribution in [1.82, 2.24) is 9.36 Å². The minimum atomic E-state index is -1.77. The summed E-state index contributed by atoms with van der Waals surface area (Å²) in [7, 11) is 0. The van der Waals surface area contributed by atoms with Gasteiger partial charge in [0.1, 0.15) is 0 Å². The molecule has 0 aliphatic rings. The lowest BCUT2D eigenvalue weighted by molar-refractivity contribution is -0.384. The molecule has 0 bridgehead atoms. The highest BCUT2D eigenvalue weighted by Crippen LogP contribution is 2.37. The number of non-ortho nitro benzene ring substituents is 1. The number of aromatic nitrogens is 2. The van der Waals surface area contributed by atoms with Gasteiger partial charge in [-0.2, -0.15) is 9.36 Å². The first-order valence-corrected chi connectivity index (χ1v) is 7.15. The van der Waals surface area contributed by atoms with Gasteiger partial charge in [-0.15, -0.1) is 0 Å². The lowest BCUT2D eigenvalue weighted by Crippen LogP contribution is -2.12. The van der Waals surface area contributed by atoms with Crippen molar-refractivity contribution in [2.75, 3.05) is 5.32 Å². The fraction of sp³-hybridized carbons (Fsp3) is 0.100. The highest BCUT2D eigenvalue weighted by atomic mass is 35.6. The summed E-state index contributed by atoms with van der Waals surface area (Å²) in [6, 6.07) is 5.10. The lowest BCUT2D eigenvalue weighted by atomic mass is 10.2. The molecule has 0 spiro atoms. The van der Waals surface area contributed by atoms with Crippen molar-refractivity contribution >= 4 is 63.1 Å². The molecule has 1 heterocycles. The summed E-state index contributed by atoms with van der Waals surface area (Å²) in [5.41, 5.74) is 0.118. The average molecular weight is 368 g/mol. The standard InChI is InChI=1S/C10H5Cl3N4O3S/c11-10(12,13)8-15-9(21-16-8)14-7(18)5-1-3-6(4-2-5)17(19)20/h1-4H,(H,14,15,16,18). The molecule has 0 aliphatic heterocycles. The highest BCUT2D eigenvalue weighted by Gasteiger charge is 2.28. The largest absolute Gasteiger partial charge is 0.297 e. The van der Waals surface area contributed by atoms with Crippen LogP contribution in [0.5, 0.6) is 0 Å². The molecule has 1 amide bonds. The first kappa shape index (κ1) is 15.9. The van der Waals surface area contributed by atoms with Crippen molar-refractivity contribution in [3.63, 3.8) is 0 Å². The summed E-state index contributed by atoms with van der Waals surface area (Å²) in [4.78, 5) is 25.7. The Hall–Kier alpha value is -1.48. The van der Waals surface area contributed by atoms with E-state index in [-0.39, 0.29) is 22.2 Å². The van der Waals surface area contributed by atoms with Crippen molar-refractivity contribution < 1.29 is 9.72 Å². The number of hydrogen-bond acceptors (Lipinski definition) is 6. The molecule has 0 aliphatic carbocycles. The quantitative estimate of drug-likeness (QED) is 0.508. The van der Waals surface area contributed by atoms with Gasteiger partial charge in [0.2, 0.25) is 5.13 Å². The van der Waals surface area contributed by atoms with Gasteiger partial charge in [-0.3, -0.25) is 20.2 Å². The minimum absolute atomic E-state index is 0.0449. The Morgan fingerprint density at radius 2 is 1.90 bits per heavy atom. The second-order valence-electron chi connectivity index (χ2n) is 3.68. The topological polar surface area (TPSA) is 98.0 Å².